The van der Waals surface area contributed by atoms with Crippen LogP contribution in [-0.4, -0.2) is 224 Å². The summed E-state index contributed by atoms with van der Waals surface area (Å²) in [7, 11) is 0. The zero-order valence-corrected chi connectivity index (χ0v) is 57.1. The number of nitrogens with zero attached hydrogens (tertiary/aromatic N) is 2. The molecule has 31 nitrogen and oxygen atoms in total. The minimum Gasteiger partial charge on any atom is -0.481 e. The van der Waals surface area contributed by atoms with Crippen molar-refractivity contribution in [2.24, 2.45) is 5.73 Å². The number of aliphatic hydroxyl groups is 10. The molecule has 34 heteroatoms. The molecule has 0 aliphatic carbocycles. The zero-order valence-electron chi connectivity index (χ0n) is 56.2. The van der Waals surface area contributed by atoms with E-state index in [0.717, 1.165) is 21.3 Å². The van der Waals surface area contributed by atoms with Crippen LogP contribution in [0.25, 0.3) is 11.1 Å². The van der Waals surface area contributed by atoms with E-state index in [1.54, 1.807) is 61.5 Å². The number of unbranched alkanes of at least 4 members (excludes halogenated alkanes) is 4. The maximum atomic E-state index is 15.0. The van der Waals surface area contributed by atoms with Gasteiger partial charge in [-0.1, -0.05) is 79.9 Å². The normalized spacial score (nSPS) is 15.3. The molecule has 7 amide bonds. The van der Waals surface area contributed by atoms with Crippen LogP contribution in [0.4, 0.5) is 8.78 Å². The predicted octanol–water partition coefficient (Wildman–Crippen LogP) is -3.18. The highest BCUT2D eigenvalue weighted by Gasteiger charge is 2.35. The first-order chi connectivity index (χ1) is 47.9. The molecular formula is C67H96F2N10O21S. The number of amides is 7. The first-order valence-corrected chi connectivity index (χ1v) is 33.7. The Morgan fingerprint density at radius 3 is 1.57 bits per heavy atom. The minimum absolute atomic E-state index is 0.0481. The van der Waals surface area contributed by atoms with Gasteiger partial charge in [0, 0.05) is 80.8 Å². The summed E-state index contributed by atoms with van der Waals surface area (Å²) in [5.74, 6) is -8.85. The van der Waals surface area contributed by atoms with Crippen molar-refractivity contribution in [3.8, 4) is 11.1 Å². The van der Waals surface area contributed by atoms with E-state index >= 15 is 8.78 Å². The number of carbonyl (C=O) groups excluding carboxylic acids is 7. The van der Waals surface area contributed by atoms with Crippen molar-refractivity contribution in [2.75, 3.05) is 38.6 Å². The molecule has 3 aromatic carbocycles. The Morgan fingerprint density at radius 2 is 1.04 bits per heavy atom. The van der Waals surface area contributed by atoms with Crippen LogP contribution in [0.5, 0.6) is 0 Å². The Morgan fingerprint density at radius 1 is 0.554 bits per heavy atom. The number of benzene rings is 3. The quantitative estimate of drug-likeness (QED) is 0.0153. The van der Waals surface area contributed by atoms with Crippen molar-refractivity contribution in [3.63, 3.8) is 0 Å². The Hall–Kier alpha value is -8.13. The van der Waals surface area contributed by atoms with Crippen LogP contribution in [0, 0.1) is 18.6 Å². The first kappa shape index (κ1) is 85.3. The van der Waals surface area contributed by atoms with Crippen molar-refractivity contribution in [1.82, 2.24) is 46.4 Å². The van der Waals surface area contributed by atoms with Crippen molar-refractivity contribution >= 4 is 59.9 Å². The maximum absolute atomic E-state index is 15.0. The number of nitrogens with one attached hydrogen (secondary N) is 7. The van der Waals surface area contributed by atoms with Gasteiger partial charge in [0.1, 0.15) is 66.4 Å². The van der Waals surface area contributed by atoms with Gasteiger partial charge in [-0.2, -0.15) is 12.6 Å². The minimum atomic E-state index is -2.04. The van der Waals surface area contributed by atoms with E-state index in [0.29, 0.717) is 48.9 Å². The Balaban J connectivity index is 1.39. The van der Waals surface area contributed by atoms with Gasteiger partial charge in [0.15, 0.2) is 0 Å². The second-order valence-electron chi connectivity index (χ2n) is 24.6. The summed E-state index contributed by atoms with van der Waals surface area (Å²) in [5, 5.41) is 125. The van der Waals surface area contributed by atoms with Crippen LogP contribution in [-0.2, 0) is 57.9 Å². The van der Waals surface area contributed by atoms with E-state index in [1.165, 1.54) is 13.0 Å². The number of hydrogen-bond donors (Lipinski definition) is 20. The molecule has 101 heavy (non-hydrogen) atoms. The summed E-state index contributed by atoms with van der Waals surface area (Å²) in [4.78, 5) is 134. The van der Waals surface area contributed by atoms with E-state index in [4.69, 9.17) is 15.9 Å². The molecule has 560 valence electrons. The van der Waals surface area contributed by atoms with Gasteiger partial charge in [0.2, 0.25) is 41.4 Å². The molecule has 0 saturated carbocycles. The van der Waals surface area contributed by atoms with Crippen LogP contribution in [0.15, 0.2) is 82.4 Å². The standard InChI is InChI=1S/C67H96F2N10O21S/c1-37(36-101)74-63(96)47(22-26-55(88)73-31-50(83)60(93)62(95)52(85)35-81)76-65(98)48(23-27-57(90)91)77-64(97)46(21-25-54(87)72-30-49(82)59(92)61(94)51(84)34-80)75-56(89)19-9-4-3-5-10-28-71-53(86)24-20-39-13-11-16-41(29-39)58-38(2)78(32-42-43(68)17-12-18-44(42)69)67(100)79(66(58)99)33-45(70)40-14-7-6-8-15-40/h6-8,11-18,29,37,45-52,59-62,80-85,92-95,101H,3-5,9-10,19-28,30-36,70H2,1-2H3,(H,71,86)(H,72,87)(H,73,88)(H,74,96)(H,75,89)(H,76,98)(H,77,97)(H,90,91)/t37-,45+,46+,47+,48+,49-,50-,51+,52+,59+,60+,61+,62+/m0/s1. The van der Waals surface area contributed by atoms with E-state index in [2.05, 4.69) is 49.8 Å². The van der Waals surface area contributed by atoms with E-state index < -0.39 is 215 Å². The smallest absolute Gasteiger partial charge is 0.331 e. The summed E-state index contributed by atoms with van der Waals surface area (Å²) in [5.41, 5.74) is 6.57. The third kappa shape index (κ3) is 28.0. The summed E-state index contributed by atoms with van der Waals surface area (Å²) >= 11 is 4.14. The molecule has 0 radical (unpaired) electrons. The van der Waals surface area contributed by atoms with Gasteiger partial charge < -0.3 is 99.1 Å². The lowest BCUT2D eigenvalue weighted by atomic mass is 10.00. The Bertz CT molecular complexity index is 3460. The molecule has 0 aliphatic rings. The highest BCUT2D eigenvalue weighted by Crippen LogP contribution is 2.24. The molecular weight excluding hydrogens is 1350 g/mol. The van der Waals surface area contributed by atoms with Gasteiger partial charge in [-0.25, -0.2) is 13.6 Å². The van der Waals surface area contributed by atoms with Gasteiger partial charge in [0.05, 0.1) is 44.1 Å². The van der Waals surface area contributed by atoms with Crippen LogP contribution in [0.1, 0.15) is 119 Å². The second kappa shape index (κ2) is 43.6. The highest BCUT2D eigenvalue weighted by atomic mass is 32.1. The number of aromatic nitrogens is 2. The van der Waals surface area contributed by atoms with E-state index in [9.17, 15) is 93.9 Å². The lowest BCUT2D eigenvalue weighted by Gasteiger charge is -2.26. The number of carbonyl (C=O) groups is 8. The maximum Gasteiger partial charge on any atom is 0.331 e. The average Bonchev–Trinajstić information content (AvgIpc) is 0.761. The fourth-order valence-electron chi connectivity index (χ4n) is 10.5. The number of carboxylic acids is 1. The van der Waals surface area contributed by atoms with Crippen molar-refractivity contribution in [1.29, 1.82) is 0 Å². The molecule has 0 fully saturated rings. The number of aryl methyl sites for hydroxylation is 1. The van der Waals surface area contributed by atoms with Crippen LogP contribution in [0.2, 0.25) is 0 Å². The third-order valence-electron chi connectivity index (χ3n) is 16.6. The average molecular weight is 1450 g/mol. The number of rotatable bonds is 46. The monoisotopic (exact) mass is 1450 g/mol. The molecule has 0 aliphatic heterocycles. The Labute approximate surface area is 586 Å². The van der Waals surface area contributed by atoms with Gasteiger partial charge >= 0.3 is 11.7 Å². The fraction of sp³-hybridized carbons (Fsp3) is 0.552. The number of aliphatic carboxylic acids is 1. The fourth-order valence-corrected chi connectivity index (χ4v) is 10.6. The number of halogens is 2. The molecule has 0 spiro atoms. The van der Waals surface area contributed by atoms with E-state index in [-0.39, 0.29) is 60.7 Å². The summed E-state index contributed by atoms with van der Waals surface area (Å²) in [6, 6.07) is 12.6. The SMILES string of the molecule is Cc1c(-c2cccc(CCC(=O)NCCCCCCCC(=O)N[C@H](CCC(=O)NC[C@H](O)[C@@H](O)[C@H](O)[C@H](O)CO)C(=O)N[C@H](CCC(=O)O)C(=O)N[C@H](CCC(=O)NC[C@H](O)[C@@H](O)[C@H](O)[C@H](O)CO)C(=O)N[C@@H](C)CS)c2)c(=O)n(C[C@@H](N)c2ccccc2)c(=O)n1Cc1c(F)cccc1F. The molecule has 1 aromatic heterocycles. The third-order valence-corrected chi connectivity index (χ3v) is 17.2. The number of thiol groups is 1. The summed E-state index contributed by atoms with van der Waals surface area (Å²) < 4.78 is 32.1. The van der Waals surface area contributed by atoms with Crippen LogP contribution >= 0.6 is 12.6 Å². The predicted molar refractivity (Wildman–Crippen MR) is 364 cm³/mol. The van der Waals surface area contributed by atoms with Crippen molar-refractivity contribution in [2.45, 2.75) is 196 Å². The summed E-state index contributed by atoms with van der Waals surface area (Å²) in [6.45, 7) is -0.727. The molecule has 13 atom stereocenters. The number of hydrogen-bond acceptors (Lipinski definition) is 22. The lowest BCUT2D eigenvalue weighted by molar-refractivity contribution is -0.139. The largest absolute Gasteiger partial charge is 0.481 e. The number of aliphatic hydroxyl groups excluding tert-OH is 10. The molecule has 0 saturated heterocycles. The molecule has 1 heterocycles. The topological polar surface area (TPSA) is 513 Å². The highest BCUT2D eigenvalue weighted by molar-refractivity contribution is 7.80. The Kier molecular flexibility index (Phi) is 36.8. The van der Waals surface area contributed by atoms with Gasteiger partial charge in [0.25, 0.3) is 5.56 Å². The summed E-state index contributed by atoms with van der Waals surface area (Å²) in [6.07, 6.45) is -16.2. The van der Waals surface area contributed by atoms with Crippen LogP contribution in [0.3, 0.4) is 0 Å². The second-order valence-corrected chi connectivity index (χ2v) is 24.9. The van der Waals surface area contributed by atoms with E-state index in [1.807, 2.05) is 0 Å². The van der Waals surface area contributed by atoms with Gasteiger partial charge in [-0.05, 0) is 81.2 Å². The number of nitrogens with two attached hydrogens (primary N) is 1. The number of carboxylic acid groups (broad SMARTS) is 1. The molecule has 0 bridgehead atoms. The molecule has 4 aromatic rings. The van der Waals surface area contributed by atoms with Gasteiger partial charge in [-0.15, -0.1) is 0 Å². The van der Waals surface area contributed by atoms with Crippen molar-refractivity contribution < 1.29 is 103 Å². The first-order valence-electron chi connectivity index (χ1n) is 33.1. The molecule has 0 unspecified atom stereocenters. The lowest BCUT2D eigenvalue weighted by Crippen LogP contribution is -2.57. The molecule has 4 rings (SSSR count). The van der Waals surface area contributed by atoms with Gasteiger partial charge in [-0.3, -0.25) is 52.3 Å². The van der Waals surface area contributed by atoms with Crippen molar-refractivity contribution in [3.05, 3.63) is 128 Å². The zero-order chi connectivity index (χ0) is 75.0. The molecule has 20 N–H and O–H groups in total. The van der Waals surface area contributed by atoms with Crippen LogP contribution < -0.4 is 54.2 Å².